The number of ether oxygens (including phenoxy) is 2. The quantitative estimate of drug-likeness (QED) is 0.599. The van der Waals surface area contributed by atoms with Gasteiger partial charge in [-0.2, -0.15) is 0 Å². The molecule has 3 aromatic carbocycles. The molecule has 0 aliphatic carbocycles. The molecule has 0 heterocycles. The van der Waals surface area contributed by atoms with Crippen molar-refractivity contribution in [1.82, 2.24) is 4.90 Å². The van der Waals surface area contributed by atoms with Crippen LogP contribution in [-0.2, 0) is 4.79 Å². The van der Waals surface area contributed by atoms with Crippen molar-refractivity contribution < 1.29 is 18.7 Å². The van der Waals surface area contributed by atoms with Gasteiger partial charge in [-0.05, 0) is 59.7 Å². The highest BCUT2D eigenvalue weighted by atomic mass is 19.1. The Bertz CT molecular complexity index is 956. The number of hydrogen-bond donors (Lipinski definition) is 0. The summed E-state index contributed by atoms with van der Waals surface area (Å²) in [6.45, 7) is 2.70. The molecule has 0 aliphatic heterocycles. The van der Waals surface area contributed by atoms with Crippen LogP contribution in [0.15, 0.2) is 60.7 Å². The van der Waals surface area contributed by atoms with Crippen LogP contribution in [-0.4, -0.2) is 38.1 Å². The molecule has 0 saturated carbocycles. The average Bonchev–Trinajstić information content (AvgIpc) is 2.73. The largest absolute Gasteiger partial charge is 0.497 e. The predicted molar refractivity (Wildman–Crippen MR) is 108 cm³/mol. The average molecular weight is 381 g/mol. The van der Waals surface area contributed by atoms with E-state index in [0.29, 0.717) is 18.9 Å². The summed E-state index contributed by atoms with van der Waals surface area (Å²) in [4.78, 5) is 14.4. The summed E-state index contributed by atoms with van der Waals surface area (Å²) in [6.07, 6.45) is 0. The Morgan fingerprint density at radius 2 is 1.64 bits per heavy atom. The fourth-order valence-electron chi connectivity index (χ4n) is 3.05. The number of hydrogen-bond acceptors (Lipinski definition) is 3. The Hall–Kier alpha value is -3.08. The summed E-state index contributed by atoms with van der Waals surface area (Å²) >= 11 is 0. The van der Waals surface area contributed by atoms with Gasteiger partial charge in [0.25, 0.3) is 0 Å². The van der Waals surface area contributed by atoms with Gasteiger partial charge < -0.3 is 14.4 Å². The fourth-order valence-corrected chi connectivity index (χ4v) is 3.05. The second-order valence-corrected chi connectivity index (χ2v) is 6.76. The second kappa shape index (κ2) is 8.74. The van der Waals surface area contributed by atoms with E-state index in [1.807, 2.05) is 43.3 Å². The molecule has 3 aromatic rings. The molecule has 0 radical (unpaired) electrons. The zero-order valence-electron chi connectivity index (χ0n) is 16.3. The summed E-state index contributed by atoms with van der Waals surface area (Å²) in [5, 5.41) is 2.14. The van der Waals surface area contributed by atoms with Crippen LogP contribution < -0.4 is 9.47 Å². The third kappa shape index (κ3) is 4.60. The van der Waals surface area contributed by atoms with E-state index in [1.165, 1.54) is 12.1 Å². The summed E-state index contributed by atoms with van der Waals surface area (Å²) in [7, 11) is 3.41. The van der Waals surface area contributed by atoms with Gasteiger partial charge in [-0.1, -0.05) is 24.3 Å². The Morgan fingerprint density at radius 1 is 1.00 bits per heavy atom. The molecular weight excluding hydrogens is 357 g/mol. The van der Waals surface area contributed by atoms with Crippen molar-refractivity contribution in [3.05, 3.63) is 72.0 Å². The van der Waals surface area contributed by atoms with Crippen LogP contribution in [0.2, 0.25) is 0 Å². The van der Waals surface area contributed by atoms with Crippen LogP contribution in [0.3, 0.4) is 0 Å². The van der Waals surface area contributed by atoms with Crippen LogP contribution >= 0.6 is 0 Å². The zero-order chi connectivity index (χ0) is 20.1. The van der Waals surface area contributed by atoms with E-state index >= 15 is 0 Å². The fraction of sp³-hybridized carbons (Fsp3) is 0.261. The molecule has 1 amide bonds. The first-order valence-electron chi connectivity index (χ1n) is 9.19. The van der Waals surface area contributed by atoms with E-state index in [9.17, 15) is 9.18 Å². The van der Waals surface area contributed by atoms with E-state index < -0.39 is 0 Å². The molecule has 0 bridgehead atoms. The minimum absolute atomic E-state index is 0.0237. The van der Waals surface area contributed by atoms with E-state index in [2.05, 4.69) is 0 Å². The summed E-state index contributed by atoms with van der Waals surface area (Å²) in [5.74, 6) is 0.853. The first kappa shape index (κ1) is 19.7. The first-order valence-corrected chi connectivity index (χ1v) is 9.19. The third-order valence-electron chi connectivity index (χ3n) is 4.83. The van der Waals surface area contributed by atoms with Gasteiger partial charge in [0.1, 0.15) is 23.9 Å². The maximum Gasteiger partial charge on any atom is 0.229 e. The SMILES string of the molecule is COc1ccc2cc([C@H](C)C(=O)N(C)CCOc3ccc(F)cc3)ccc2c1. The molecule has 0 saturated heterocycles. The van der Waals surface area contributed by atoms with E-state index in [0.717, 1.165) is 22.1 Å². The Morgan fingerprint density at radius 3 is 2.36 bits per heavy atom. The Kier molecular flexibility index (Phi) is 6.14. The minimum atomic E-state index is -0.303. The van der Waals surface area contributed by atoms with E-state index in [4.69, 9.17) is 9.47 Å². The van der Waals surface area contributed by atoms with Crippen LogP contribution in [0, 0.1) is 5.82 Å². The molecular formula is C23H24FNO3. The number of nitrogens with zero attached hydrogens (tertiary/aromatic N) is 1. The molecule has 146 valence electrons. The van der Waals surface area contributed by atoms with Crippen LogP contribution in [0.4, 0.5) is 4.39 Å². The Labute approximate surface area is 164 Å². The standard InChI is InChI=1S/C23H24FNO3/c1-16(17-4-5-19-15-22(27-3)9-6-18(19)14-17)23(26)25(2)12-13-28-21-10-7-20(24)8-11-21/h4-11,14-16H,12-13H2,1-3H3/t16-/m0/s1. The number of carbonyl (C=O) groups is 1. The van der Waals surface area contributed by atoms with Crippen molar-refractivity contribution >= 4 is 16.7 Å². The number of amides is 1. The van der Waals surface area contributed by atoms with Crippen molar-refractivity contribution in [3.8, 4) is 11.5 Å². The molecule has 0 N–H and O–H groups in total. The van der Waals surface area contributed by atoms with E-state index in [1.54, 1.807) is 31.2 Å². The van der Waals surface area contributed by atoms with Crippen molar-refractivity contribution in [2.24, 2.45) is 0 Å². The molecule has 0 aromatic heterocycles. The minimum Gasteiger partial charge on any atom is -0.497 e. The van der Waals surface area contributed by atoms with Gasteiger partial charge in [0.05, 0.1) is 19.6 Å². The maximum atomic E-state index is 12.9. The summed E-state index contributed by atoms with van der Waals surface area (Å²) < 4.78 is 23.7. The molecule has 5 heteroatoms. The van der Waals surface area contributed by atoms with Gasteiger partial charge in [0, 0.05) is 7.05 Å². The molecule has 0 aliphatic rings. The van der Waals surface area contributed by atoms with Gasteiger partial charge in [0.2, 0.25) is 5.91 Å². The van der Waals surface area contributed by atoms with Crippen molar-refractivity contribution in [1.29, 1.82) is 0 Å². The van der Waals surface area contributed by atoms with Crippen molar-refractivity contribution in [2.75, 3.05) is 27.3 Å². The summed E-state index contributed by atoms with van der Waals surface area (Å²) in [6, 6.07) is 17.8. The lowest BCUT2D eigenvalue weighted by Gasteiger charge is -2.22. The Balaban J connectivity index is 1.60. The topological polar surface area (TPSA) is 38.8 Å². The van der Waals surface area contributed by atoms with E-state index in [-0.39, 0.29) is 17.6 Å². The van der Waals surface area contributed by atoms with Gasteiger partial charge >= 0.3 is 0 Å². The highest BCUT2D eigenvalue weighted by molar-refractivity contribution is 5.88. The molecule has 0 unspecified atom stereocenters. The second-order valence-electron chi connectivity index (χ2n) is 6.76. The molecule has 0 spiro atoms. The van der Waals surface area contributed by atoms with Crippen molar-refractivity contribution in [2.45, 2.75) is 12.8 Å². The number of fused-ring (bicyclic) bond motifs is 1. The number of halogens is 1. The van der Waals surface area contributed by atoms with Crippen molar-refractivity contribution in [3.63, 3.8) is 0 Å². The smallest absolute Gasteiger partial charge is 0.229 e. The first-order chi connectivity index (χ1) is 13.5. The lowest BCUT2D eigenvalue weighted by Crippen LogP contribution is -2.34. The highest BCUT2D eigenvalue weighted by Gasteiger charge is 2.19. The predicted octanol–water partition coefficient (Wildman–Crippen LogP) is 4.63. The van der Waals surface area contributed by atoms with Crippen LogP contribution in [0.1, 0.15) is 18.4 Å². The van der Waals surface area contributed by atoms with Gasteiger partial charge in [-0.25, -0.2) is 4.39 Å². The zero-order valence-corrected chi connectivity index (χ0v) is 16.3. The number of benzene rings is 3. The van der Waals surface area contributed by atoms with Crippen LogP contribution in [0.25, 0.3) is 10.8 Å². The summed E-state index contributed by atoms with van der Waals surface area (Å²) in [5.41, 5.74) is 0.967. The normalized spacial score (nSPS) is 11.9. The lowest BCUT2D eigenvalue weighted by molar-refractivity contribution is -0.131. The van der Waals surface area contributed by atoms with Gasteiger partial charge in [0.15, 0.2) is 0 Å². The lowest BCUT2D eigenvalue weighted by atomic mass is 9.96. The number of methoxy groups -OCH3 is 1. The molecule has 3 rings (SSSR count). The highest BCUT2D eigenvalue weighted by Crippen LogP contribution is 2.26. The molecule has 4 nitrogen and oxygen atoms in total. The number of rotatable bonds is 7. The molecule has 28 heavy (non-hydrogen) atoms. The molecule has 0 fully saturated rings. The van der Waals surface area contributed by atoms with Gasteiger partial charge in [-0.15, -0.1) is 0 Å². The number of carbonyl (C=O) groups excluding carboxylic acids is 1. The monoisotopic (exact) mass is 381 g/mol. The van der Waals surface area contributed by atoms with Gasteiger partial charge in [-0.3, -0.25) is 4.79 Å². The number of likely N-dealkylation sites (N-methyl/N-ethyl adjacent to an activating group) is 1. The maximum absolute atomic E-state index is 12.9. The molecule has 1 atom stereocenters. The third-order valence-corrected chi connectivity index (χ3v) is 4.83. The van der Waals surface area contributed by atoms with Crippen LogP contribution in [0.5, 0.6) is 11.5 Å².